The van der Waals surface area contributed by atoms with E-state index < -0.39 is 5.97 Å². The highest BCUT2D eigenvalue weighted by molar-refractivity contribution is 7.18. The van der Waals surface area contributed by atoms with Crippen molar-refractivity contribution in [3.8, 4) is 0 Å². The van der Waals surface area contributed by atoms with Gasteiger partial charge in [-0.05, 0) is 31.2 Å². The number of thiazole rings is 1. The molecule has 0 bridgehead atoms. The Bertz CT molecular complexity index is 854. The highest BCUT2D eigenvalue weighted by atomic mass is 32.1. The van der Waals surface area contributed by atoms with Gasteiger partial charge in [-0.1, -0.05) is 29.8 Å². The van der Waals surface area contributed by atoms with Gasteiger partial charge in [0.25, 0.3) is 5.91 Å². The Hall–Kier alpha value is -2.73. The van der Waals surface area contributed by atoms with Crippen LogP contribution >= 0.6 is 11.3 Å². The topological polar surface area (TPSA) is 68.3 Å². The summed E-state index contributed by atoms with van der Waals surface area (Å²) in [4.78, 5) is 28.1. The molecule has 0 radical (unpaired) electrons. The number of fused-ring (bicyclic) bond motifs is 1. The summed E-state index contributed by atoms with van der Waals surface area (Å²) in [7, 11) is 0. The van der Waals surface area contributed by atoms with Crippen molar-refractivity contribution in [2.75, 3.05) is 11.9 Å². The van der Waals surface area contributed by atoms with Crippen molar-refractivity contribution >= 4 is 39.1 Å². The molecule has 1 aromatic heterocycles. The second-order valence-corrected chi connectivity index (χ2v) is 6.77. The van der Waals surface area contributed by atoms with Crippen LogP contribution in [0.2, 0.25) is 0 Å². The monoisotopic (exact) mass is 354 g/mol. The number of hydrogen-bond acceptors (Lipinski definition) is 5. The van der Waals surface area contributed by atoms with Gasteiger partial charge in [0, 0.05) is 12.1 Å². The van der Waals surface area contributed by atoms with Gasteiger partial charge >= 0.3 is 5.97 Å². The van der Waals surface area contributed by atoms with E-state index in [2.05, 4.69) is 10.3 Å². The van der Waals surface area contributed by atoms with Gasteiger partial charge in [-0.2, -0.15) is 0 Å². The Balaban J connectivity index is 1.43. The smallest absolute Gasteiger partial charge is 0.306 e. The molecule has 1 heterocycles. The molecule has 0 fully saturated rings. The molecule has 0 saturated carbocycles. The quantitative estimate of drug-likeness (QED) is 0.685. The van der Waals surface area contributed by atoms with Crippen molar-refractivity contribution in [3.05, 3.63) is 59.1 Å². The predicted octanol–water partition coefficient (Wildman–Crippen LogP) is 3.72. The van der Waals surface area contributed by atoms with Crippen LogP contribution in [0.3, 0.4) is 0 Å². The summed E-state index contributed by atoms with van der Waals surface area (Å²) in [5, 5.41) is 3.58. The largest absolute Gasteiger partial charge is 0.456 e. The minimum atomic E-state index is -0.404. The maximum atomic E-state index is 11.8. The summed E-state index contributed by atoms with van der Waals surface area (Å²) < 4.78 is 6.12. The van der Waals surface area contributed by atoms with Crippen LogP contribution in [0.15, 0.2) is 48.5 Å². The van der Waals surface area contributed by atoms with Gasteiger partial charge in [0.05, 0.1) is 21.6 Å². The van der Waals surface area contributed by atoms with Crippen molar-refractivity contribution in [1.29, 1.82) is 0 Å². The SMILES string of the molecule is Cc1ccc(NC(=O)COC(=O)CCc2nc3ccccc3s2)cc1. The lowest BCUT2D eigenvalue weighted by atomic mass is 10.2. The molecule has 1 amide bonds. The Labute approximate surface area is 149 Å². The molecular weight excluding hydrogens is 336 g/mol. The summed E-state index contributed by atoms with van der Waals surface area (Å²) in [5.41, 5.74) is 2.73. The molecular formula is C19H18N2O3S. The van der Waals surface area contributed by atoms with E-state index in [0.717, 1.165) is 20.8 Å². The third-order valence-corrected chi connectivity index (χ3v) is 4.68. The minimum absolute atomic E-state index is 0.206. The summed E-state index contributed by atoms with van der Waals surface area (Å²) in [6.07, 6.45) is 0.718. The fourth-order valence-corrected chi connectivity index (χ4v) is 3.25. The van der Waals surface area contributed by atoms with E-state index in [1.54, 1.807) is 11.3 Å². The number of carbonyl (C=O) groups is 2. The molecule has 0 aliphatic carbocycles. The number of nitrogens with one attached hydrogen (secondary N) is 1. The number of ether oxygens (including phenoxy) is 1. The van der Waals surface area contributed by atoms with Gasteiger partial charge in [-0.15, -0.1) is 11.3 Å². The number of aryl methyl sites for hydroxylation is 2. The minimum Gasteiger partial charge on any atom is -0.456 e. The third-order valence-electron chi connectivity index (χ3n) is 3.58. The lowest BCUT2D eigenvalue weighted by molar-refractivity contribution is -0.147. The predicted molar refractivity (Wildman–Crippen MR) is 98.7 cm³/mol. The first-order chi connectivity index (χ1) is 12.1. The zero-order valence-electron chi connectivity index (χ0n) is 13.8. The van der Waals surface area contributed by atoms with Crippen molar-refractivity contribution in [2.45, 2.75) is 19.8 Å². The van der Waals surface area contributed by atoms with Gasteiger partial charge in [-0.3, -0.25) is 9.59 Å². The maximum absolute atomic E-state index is 11.8. The van der Waals surface area contributed by atoms with Gasteiger partial charge < -0.3 is 10.1 Å². The number of carbonyl (C=O) groups excluding carboxylic acids is 2. The molecule has 0 saturated heterocycles. The molecule has 0 atom stereocenters. The first-order valence-corrected chi connectivity index (χ1v) is 8.78. The number of benzene rings is 2. The lowest BCUT2D eigenvalue weighted by Gasteiger charge is -2.06. The highest BCUT2D eigenvalue weighted by Gasteiger charge is 2.10. The van der Waals surface area contributed by atoms with E-state index >= 15 is 0 Å². The van der Waals surface area contributed by atoms with E-state index in [4.69, 9.17) is 4.74 Å². The van der Waals surface area contributed by atoms with Crippen LogP contribution in [0.5, 0.6) is 0 Å². The molecule has 1 N–H and O–H groups in total. The number of aromatic nitrogens is 1. The van der Waals surface area contributed by atoms with Crippen molar-refractivity contribution in [3.63, 3.8) is 0 Å². The number of amides is 1. The molecule has 0 spiro atoms. The number of hydrogen-bond donors (Lipinski definition) is 1. The number of para-hydroxylation sites is 1. The molecule has 5 nitrogen and oxygen atoms in total. The summed E-state index contributed by atoms with van der Waals surface area (Å²) >= 11 is 1.57. The average Bonchev–Trinajstić information content (AvgIpc) is 3.03. The van der Waals surface area contributed by atoms with Crippen LogP contribution in [0, 0.1) is 6.92 Å². The van der Waals surface area contributed by atoms with Gasteiger partial charge in [0.2, 0.25) is 0 Å². The number of rotatable bonds is 6. The van der Waals surface area contributed by atoms with E-state index in [9.17, 15) is 9.59 Å². The zero-order chi connectivity index (χ0) is 17.6. The standard InChI is InChI=1S/C19H18N2O3S/c1-13-6-8-14(9-7-13)20-17(22)12-24-19(23)11-10-18-21-15-4-2-3-5-16(15)25-18/h2-9H,10-12H2,1H3,(H,20,22). The highest BCUT2D eigenvalue weighted by Crippen LogP contribution is 2.22. The third kappa shape index (κ3) is 4.87. The Morgan fingerprint density at radius 3 is 2.64 bits per heavy atom. The second kappa shape index (κ2) is 7.90. The van der Waals surface area contributed by atoms with E-state index in [0.29, 0.717) is 12.1 Å². The normalized spacial score (nSPS) is 10.6. The van der Waals surface area contributed by atoms with Crippen LogP contribution in [0.25, 0.3) is 10.2 Å². The average molecular weight is 354 g/mol. The Kier molecular flexibility index (Phi) is 5.40. The summed E-state index contributed by atoms with van der Waals surface area (Å²) in [5.74, 6) is -0.754. The van der Waals surface area contributed by atoms with E-state index in [-0.39, 0.29) is 18.9 Å². The van der Waals surface area contributed by atoms with Crippen LogP contribution in [0.4, 0.5) is 5.69 Å². The molecule has 25 heavy (non-hydrogen) atoms. The van der Waals surface area contributed by atoms with Crippen LogP contribution in [-0.2, 0) is 20.7 Å². The lowest BCUT2D eigenvalue weighted by Crippen LogP contribution is -2.21. The van der Waals surface area contributed by atoms with Crippen molar-refractivity contribution < 1.29 is 14.3 Å². The molecule has 2 aromatic carbocycles. The molecule has 0 aliphatic heterocycles. The Morgan fingerprint density at radius 2 is 1.88 bits per heavy atom. The van der Waals surface area contributed by atoms with E-state index in [1.165, 1.54) is 0 Å². The van der Waals surface area contributed by atoms with Gasteiger partial charge in [-0.25, -0.2) is 4.98 Å². The van der Waals surface area contributed by atoms with Crippen molar-refractivity contribution in [2.24, 2.45) is 0 Å². The summed E-state index contributed by atoms with van der Waals surface area (Å²) in [6, 6.07) is 15.3. The first kappa shape index (κ1) is 17.1. The zero-order valence-corrected chi connectivity index (χ0v) is 14.6. The second-order valence-electron chi connectivity index (χ2n) is 5.65. The van der Waals surface area contributed by atoms with Crippen LogP contribution in [-0.4, -0.2) is 23.5 Å². The fourth-order valence-electron chi connectivity index (χ4n) is 2.29. The number of anilines is 1. The molecule has 3 rings (SSSR count). The summed E-state index contributed by atoms with van der Waals surface area (Å²) in [6.45, 7) is 1.69. The molecule has 3 aromatic rings. The maximum Gasteiger partial charge on any atom is 0.306 e. The van der Waals surface area contributed by atoms with Crippen molar-refractivity contribution in [1.82, 2.24) is 4.98 Å². The number of esters is 1. The fraction of sp³-hybridized carbons (Fsp3) is 0.211. The van der Waals surface area contributed by atoms with E-state index in [1.807, 2.05) is 55.5 Å². The molecule has 0 aliphatic rings. The number of nitrogens with zero attached hydrogens (tertiary/aromatic N) is 1. The van der Waals surface area contributed by atoms with Crippen LogP contribution < -0.4 is 5.32 Å². The van der Waals surface area contributed by atoms with Gasteiger partial charge in [0.15, 0.2) is 6.61 Å². The van der Waals surface area contributed by atoms with Crippen LogP contribution in [0.1, 0.15) is 17.0 Å². The first-order valence-electron chi connectivity index (χ1n) is 7.97. The Morgan fingerprint density at radius 1 is 1.12 bits per heavy atom. The van der Waals surface area contributed by atoms with Gasteiger partial charge in [0.1, 0.15) is 0 Å². The molecule has 128 valence electrons. The molecule has 6 heteroatoms. The molecule has 0 unspecified atom stereocenters.